The summed E-state index contributed by atoms with van der Waals surface area (Å²) in [7, 11) is 0. The minimum atomic E-state index is -1.83. The van der Waals surface area contributed by atoms with Crippen LogP contribution in [-0.2, 0) is 43.0 Å². The number of amides is 3. The molecule has 0 radical (unpaired) electrons. The van der Waals surface area contributed by atoms with Gasteiger partial charge in [0.25, 0.3) is 5.91 Å². The molecule has 56 heavy (non-hydrogen) atoms. The van der Waals surface area contributed by atoms with E-state index in [9.17, 15) is 28.8 Å². The first-order valence-corrected chi connectivity index (χ1v) is 19.4. The molecule has 0 aliphatic carbocycles. The quantitative estimate of drug-likeness (QED) is 0.121. The highest BCUT2D eigenvalue weighted by atomic mass is 35.6. The van der Waals surface area contributed by atoms with Gasteiger partial charge in [0, 0.05) is 18.9 Å². The Morgan fingerprint density at radius 2 is 1.66 bits per heavy atom. The molecule has 1 aliphatic heterocycles. The number of hydrogen-bond donors (Lipinski definition) is 3. The van der Waals surface area contributed by atoms with E-state index in [2.05, 4.69) is 21.0 Å². The number of aromatic nitrogens is 1. The van der Waals surface area contributed by atoms with Crippen LogP contribution >= 0.6 is 34.8 Å². The Balaban J connectivity index is 1.78. The molecule has 0 bridgehead atoms. The molecule has 1 aromatic carbocycles. The van der Waals surface area contributed by atoms with Gasteiger partial charge in [-0.25, -0.2) is 10.4 Å². The molecule has 3 amide bonds. The van der Waals surface area contributed by atoms with E-state index < -0.39 is 93.6 Å². The van der Waals surface area contributed by atoms with Gasteiger partial charge in [-0.1, -0.05) is 79.0 Å². The number of esters is 3. The van der Waals surface area contributed by atoms with E-state index in [4.69, 9.17) is 49.0 Å². The van der Waals surface area contributed by atoms with Crippen molar-refractivity contribution in [2.45, 2.75) is 115 Å². The summed E-state index contributed by atoms with van der Waals surface area (Å²) in [5, 5.41) is 7.48. The Hall–Kier alpha value is -3.98. The van der Waals surface area contributed by atoms with Gasteiger partial charge in [-0.3, -0.25) is 33.8 Å². The average molecular weight is 841 g/mol. The molecule has 1 aromatic heterocycles. The first-order chi connectivity index (χ1) is 25.8. The fraction of sp³-hybridized carbons (Fsp3) is 0.564. The molecular weight excluding hydrogens is 789 g/mol. The lowest BCUT2D eigenvalue weighted by molar-refractivity contribution is -0.160. The smallest absolute Gasteiger partial charge is 0.325 e. The Labute approximate surface area is 342 Å². The molecule has 4 atom stereocenters. The second-order valence-electron chi connectivity index (χ2n) is 15.6. The molecule has 3 rings (SSSR count). The van der Waals surface area contributed by atoms with E-state index in [1.165, 1.54) is 6.92 Å². The van der Waals surface area contributed by atoms with Crippen LogP contribution < -0.4 is 16.1 Å². The lowest BCUT2D eigenvalue weighted by Crippen LogP contribution is -2.62. The molecule has 3 N–H and O–H groups in total. The Morgan fingerprint density at radius 3 is 2.27 bits per heavy atom. The summed E-state index contributed by atoms with van der Waals surface area (Å²) in [6.45, 7) is 14.6. The third-order valence-corrected chi connectivity index (χ3v) is 8.86. The maximum absolute atomic E-state index is 13.9. The van der Waals surface area contributed by atoms with Crippen LogP contribution in [0.25, 0.3) is 17.0 Å². The number of nitrogens with one attached hydrogen (secondary N) is 3. The average Bonchev–Trinajstić information content (AvgIpc) is 3.09. The van der Waals surface area contributed by atoms with Gasteiger partial charge in [0.15, 0.2) is 0 Å². The van der Waals surface area contributed by atoms with E-state index in [-0.39, 0.29) is 6.54 Å². The topological polar surface area (TPSA) is 182 Å². The number of fused-ring (bicyclic) bond motifs is 1. The zero-order chi connectivity index (χ0) is 42.2. The van der Waals surface area contributed by atoms with E-state index in [0.717, 1.165) is 16.0 Å². The molecule has 308 valence electrons. The molecule has 1 fully saturated rings. The van der Waals surface area contributed by atoms with Gasteiger partial charge >= 0.3 is 17.9 Å². The third kappa shape index (κ3) is 14.5. The van der Waals surface area contributed by atoms with Crippen molar-refractivity contribution in [2.24, 2.45) is 11.3 Å². The van der Waals surface area contributed by atoms with Gasteiger partial charge < -0.3 is 24.8 Å². The van der Waals surface area contributed by atoms with Crippen molar-refractivity contribution in [2.75, 3.05) is 13.2 Å². The Kier molecular flexibility index (Phi) is 16.1. The van der Waals surface area contributed by atoms with Crippen LogP contribution in [0.5, 0.6) is 0 Å². The molecule has 0 saturated carbocycles. The van der Waals surface area contributed by atoms with Crippen LogP contribution in [0.15, 0.2) is 36.4 Å². The van der Waals surface area contributed by atoms with Crippen LogP contribution in [0.4, 0.5) is 0 Å². The highest BCUT2D eigenvalue weighted by Gasteiger charge is 2.38. The molecule has 1 aliphatic rings. The predicted molar refractivity (Wildman–Crippen MR) is 213 cm³/mol. The van der Waals surface area contributed by atoms with Gasteiger partial charge in [-0.2, -0.15) is 0 Å². The van der Waals surface area contributed by atoms with Crippen molar-refractivity contribution >= 4 is 87.4 Å². The molecule has 1 saturated heterocycles. The van der Waals surface area contributed by atoms with E-state index >= 15 is 0 Å². The Morgan fingerprint density at radius 1 is 1.00 bits per heavy atom. The summed E-state index contributed by atoms with van der Waals surface area (Å²) in [5.74, 6) is -4.23. The Bertz CT molecular complexity index is 1810. The summed E-state index contributed by atoms with van der Waals surface area (Å²) in [6, 6.07) is 5.81. The SMILES string of the molecule is CC(=O)O[C@H](C)c1ccc2ccc(C=CC(C)(C)C(=O)N[C@H](C(=O)N[C@@H](CC(=O)OC(C)(C)C)C(=O)N3CCC[C@@H](C(=O)OCC(Cl)(Cl)Cl)N3)C(C)C)cc2n1. The highest BCUT2D eigenvalue weighted by Crippen LogP contribution is 2.27. The molecular formula is C39H52Cl3N5O9. The number of nitrogens with zero attached hydrogens (tertiary/aromatic N) is 2. The normalized spacial score (nSPS) is 16.9. The van der Waals surface area contributed by atoms with Crippen LogP contribution in [0.2, 0.25) is 0 Å². The monoisotopic (exact) mass is 839 g/mol. The van der Waals surface area contributed by atoms with Gasteiger partial charge in [-0.05, 0) is 78.0 Å². The standard InChI is InChI=1S/C39H52Cl3N5O9/c1-22(2)32(45-36(53)38(8,9)17-16-25-12-13-26-14-15-27(43-29(26)19-25)23(3)55-24(4)48)33(50)44-30(20-31(49)56-37(5,6)7)34(51)47-18-10-11-28(46-47)35(52)54-21-39(40,41)42/h12-17,19,22-23,28,30,32,46H,10-11,18,20-21H2,1-9H3,(H,44,50)(H,45,53)/t23-,28+,30+,32+/m1/s1. The molecule has 2 aromatic rings. The summed E-state index contributed by atoms with van der Waals surface area (Å²) in [6.07, 6.45) is 3.12. The minimum Gasteiger partial charge on any atom is -0.460 e. The minimum absolute atomic E-state index is 0.153. The maximum atomic E-state index is 13.9. The third-order valence-electron chi connectivity index (χ3n) is 8.53. The van der Waals surface area contributed by atoms with Gasteiger partial charge in [0.1, 0.15) is 36.4 Å². The molecule has 0 spiro atoms. The van der Waals surface area contributed by atoms with E-state index in [0.29, 0.717) is 24.1 Å². The largest absolute Gasteiger partial charge is 0.460 e. The summed E-state index contributed by atoms with van der Waals surface area (Å²) in [4.78, 5) is 83.2. The molecule has 2 heterocycles. The van der Waals surface area contributed by atoms with Gasteiger partial charge in [0.05, 0.1) is 23.0 Å². The first-order valence-electron chi connectivity index (χ1n) is 18.3. The van der Waals surface area contributed by atoms with Crippen LogP contribution in [0, 0.1) is 11.3 Å². The van der Waals surface area contributed by atoms with E-state index in [1.807, 2.05) is 24.3 Å². The number of carbonyl (C=O) groups excluding carboxylic acids is 6. The maximum Gasteiger partial charge on any atom is 0.325 e. The zero-order valence-electron chi connectivity index (χ0n) is 33.2. The van der Waals surface area contributed by atoms with Gasteiger partial charge in [0.2, 0.25) is 15.6 Å². The summed E-state index contributed by atoms with van der Waals surface area (Å²) in [5.41, 5.74) is 2.84. The summed E-state index contributed by atoms with van der Waals surface area (Å²) >= 11 is 17.1. The number of hydrazine groups is 1. The second-order valence-corrected chi connectivity index (χ2v) is 18.1. The number of rotatable bonds is 14. The zero-order valence-corrected chi connectivity index (χ0v) is 35.4. The lowest BCUT2D eigenvalue weighted by Gasteiger charge is -2.35. The fourth-order valence-corrected chi connectivity index (χ4v) is 5.76. The van der Waals surface area contributed by atoms with Crippen molar-refractivity contribution < 1.29 is 43.0 Å². The number of benzene rings is 1. The van der Waals surface area contributed by atoms with Crippen molar-refractivity contribution in [1.29, 1.82) is 0 Å². The number of halogens is 3. The van der Waals surface area contributed by atoms with Crippen LogP contribution in [0.1, 0.15) is 98.9 Å². The van der Waals surface area contributed by atoms with Crippen molar-refractivity contribution in [3.63, 3.8) is 0 Å². The van der Waals surface area contributed by atoms with Gasteiger partial charge in [-0.15, -0.1) is 0 Å². The predicted octanol–water partition coefficient (Wildman–Crippen LogP) is 5.66. The van der Waals surface area contributed by atoms with Crippen molar-refractivity contribution in [3.8, 4) is 0 Å². The summed E-state index contributed by atoms with van der Waals surface area (Å²) < 4.78 is 14.0. The first kappa shape index (κ1) is 46.4. The fourth-order valence-electron chi connectivity index (χ4n) is 5.60. The van der Waals surface area contributed by atoms with E-state index in [1.54, 1.807) is 73.6 Å². The highest BCUT2D eigenvalue weighted by molar-refractivity contribution is 6.67. The molecule has 14 nitrogen and oxygen atoms in total. The van der Waals surface area contributed by atoms with Crippen LogP contribution in [-0.4, -0.2) is 86.3 Å². The molecule has 17 heteroatoms. The second kappa shape index (κ2) is 19.4. The number of alkyl halides is 3. The number of hydrogen-bond acceptors (Lipinski definition) is 11. The number of ether oxygens (including phenoxy) is 3. The van der Waals surface area contributed by atoms with Crippen molar-refractivity contribution in [1.82, 2.24) is 26.1 Å². The lowest BCUT2D eigenvalue weighted by atomic mass is 9.89. The molecule has 0 unspecified atom stereocenters. The van der Waals surface area contributed by atoms with Crippen molar-refractivity contribution in [3.05, 3.63) is 47.7 Å². The number of carbonyl (C=O) groups is 6. The number of pyridine rings is 1. The van der Waals surface area contributed by atoms with Crippen LogP contribution in [0.3, 0.4) is 0 Å².